The van der Waals surface area contributed by atoms with Crippen molar-refractivity contribution in [3.05, 3.63) is 35.9 Å². The maximum atomic E-state index is 11.5. The summed E-state index contributed by atoms with van der Waals surface area (Å²) in [5.74, 6) is 1.58. The summed E-state index contributed by atoms with van der Waals surface area (Å²) in [5, 5.41) is 6.15. The number of carbonyl (C=O) groups excluding carboxylic acids is 1. The lowest BCUT2D eigenvalue weighted by atomic mass is 9.93. The molecule has 1 aromatic carbocycles. The van der Waals surface area contributed by atoms with E-state index in [1.807, 2.05) is 13.1 Å². The van der Waals surface area contributed by atoms with Gasteiger partial charge in [0, 0.05) is 46.8 Å². The lowest BCUT2D eigenvalue weighted by Crippen LogP contribution is -2.46. The molecule has 0 atom stereocenters. The zero-order valence-corrected chi connectivity index (χ0v) is 16.7. The van der Waals surface area contributed by atoms with Crippen molar-refractivity contribution in [2.24, 2.45) is 10.9 Å². The Balaban J connectivity index is 1.55. The second kappa shape index (κ2) is 12.3. The van der Waals surface area contributed by atoms with Gasteiger partial charge in [0.2, 0.25) is 5.91 Å². The molecule has 150 valence electrons. The summed E-state index contributed by atoms with van der Waals surface area (Å²) in [6.45, 7) is 4.28. The molecule has 2 rings (SSSR count). The fraction of sp³-hybridized carbons (Fsp3) is 0.619. The van der Waals surface area contributed by atoms with Crippen molar-refractivity contribution in [2.75, 3.05) is 46.9 Å². The van der Waals surface area contributed by atoms with Crippen molar-refractivity contribution in [1.82, 2.24) is 15.5 Å². The van der Waals surface area contributed by atoms with E-state index in [1.165, 1.54) is 5.56 Å². The highest BCUT2D eigenvalue weighted by molar-refractivity contribution is 5.80. The standard InChI is InChI=1S/C21H34N4O2/c1-22-20(26)17-19-9-13-25(14-10-19)21(23-2)24-12-6-15-27-16-11-18-7-4-3-5-8-18/h3-5,7-8,19H,6,9-17H2,1-2H3,(H,22,26)(H,23,24). The molecule has 0 aromatic heterocycles. The highest BCUT2D eigenvalue weighted by atomic mass is 16.5. The van der Waals surface area contributed by atoms with Crippen LogP contribution in [0.15, 0.2) is 35.3 Å². The van der Waals surface area contributed by atoms with Crippen LogP contribution < -0.4 is 10.6 Å². The molecule has 0 radical (unpaired) electrons. The van der Waals surface area contributed by atoms with Gasteiger partial charge in [-0.1, -0.05) is 30.3 Å². The van der Waals surface area contributed by atoms with E-state index in [-0.39, 0.29) is 5.91 Å². The highest BCUT2D eigenvalue weighted by Gasteiger charge is 2.22. The number of hydrogen-bond donors (Lipinski definition) is 2. The van der Waals surface area contributed by atoms with E-state index in [9.17, 15) is 4.79 Å². The molecule has 0 saturated carbocycles. The monoisotopic (exact) mass is 374 g/mol. The van der Waals surface area contributed by atoms with Gasteiger partial charge in [-0.3, -0.25) is 9.79 Å². The molecule has 1 saturated heterocycles. The Morgan fingerprint density at radius 2 is 1.96 bits per heavy atom. The molecule has 0 bridgehead atoms. The summed E-state index contributed by atoms with van der Waals surface area (Å²) in [7, 11) is 3.53. The Labute approximate surface area is 163 Å². The molecule has 0 aliphatic carbocycles. The maximum Gasteiger partial charge on any atom is 0.220 e. The molecule has 1 aliphatic heterocycles. The molecule has 6 nitrogen and oxygen atoms in total. The maximum absolute atomic E-state index is 11.5. The fourth-order valence-electron chi connectivity index (χ4n) is 3.36. The molecule has 1 amide bonds. The van der Waals surface area contributed by atoms with E-state index < -0.39 is 0 Å². The average molecular weight is 375 g/mol. The van der Waals surface area contributed by atoms with Crippen LogP contribution in [0.4, 0.5) is 0 Å². The van der Waals surface area contributed by atoms with Crippen molar-refractivity contribution >= 4 is 11.9 Å². The number of nitrogens with one attached hydrogen (secondary N) is 2. The highest BCUT2D eigenvalue weighted by Crippen LogP contribution is 2.20. The van der Waals surface area contributed by atoms with Crippen molar-refractivity contribution < 1.29 is 9.53 Å². The van der Waals surface area contributed by atoms with Gasteiger partial charge in [-0.25, -0.2) is 0 Å². The summed E-state index contributed by atoms with van der Waals surface area (Å²) in [5.41, 5.74) is 1.32. The third-order valence-corrected chi connectivity index (χ3v) is 5.01. The molecule has 1 fully saturated rings. The minimum atomic E-state index is 0.142. The summed E-state index contributed by atoms with van der Waals surface area (Å²) in [6.07, 6.45) is 4.63. The van der Waals surface area contributed by atoms with Gasteiger partial charge in [0.15, 0.2) is 5.96 Å². The van der Waals surface area contributed by atoms with E-state index in [0.29, 0.717) is 12.3 Å². The van der Waals surface area contributed by atoms with Gasteiger partial charge < -0.3 is 20.3 Å². The number of carbonyl (C=O) groups is 1. The minimum Gasteiger partial charge on any atom is -0.381 e. The van der Waals surface area contributed by atoms with Crippen LogP contribution in [0, 0.1) is 5.92 Å². The van der Waals surface area contributed by atoms with E-state index in [4.69, 9.17) is 4.74 Å². The van der Waals surface area contributed by atoms with Crippen LogP contribution in [-0.2, 0) is 16.0 Å². The molecule has 0 spiro atoms. The Kier molecular flexibility index (Phi) is 9.69. The molecule has 1 aromatic rings. The number of aliphatic imine (C=N–C) groups is 1. The number of amides is 1. The van der Waals surface area contributed by atoms with Crippen LogP contribution in [0.1, 0.15) is 31.2 Å². The summed E-state index contributed by atoms with van der Waals surface area (Å²) >= 11 is 0. The van der Waals surface area contributed by atoms with E-state index >= 15 is 0 Å². The second-order valence-corrected chi connectivity index (χ2v) is 6.98. The van der Waals surface area contributed by atoms with Crippen molar-refractivity contribution in [3.8, 4) is 0 Å². The van der Waals surface area contributed by atoms with Gasteiger partial charge in [0.05, 0.1) is 6.61 Å². The molecular formula is C21H34N4O2. The van der Waals surface area contributed by atoms with Gasteiger partial charge in [-0.05, 0) is 37.2 Å². The molecule has 0 unspecified atom stereocenters. The normalized spacial score (nSPS) is 15.6. The van der Waals surface area contributed by atoms with Crippen LogP contribution in [0.25, 0.3) is 0 Å². The van der Waals surface area contributed by atoms with Gasteiger partial charge in [0.25, 0.3) is 0 Å². The van der Waals surface area contributed by atoms with E-state index in [1.54, 1.807) is 7.05 Å². The molecule has 6 heteroatoms. The lowest BCUT2D eigenvalue weighted by Gasteiger charge is -2.34. The van der Waals surface area contributed by atoms with Crippen LogP contribution in [0.2, 0.25) is 0 Å². The molecule has 27 heavy (non-hydrogen) atoms. The van der Waals surface area contributed by atoms with Crippen molar-refractivity contribution in [2.45, 2.75) is 32.1 Å². The molecule has 2 N–H and O–H groups in total. The first-order valence-corrected chi connectivity index (χ1v) is 10.0. The number of guanidine groups is 1. The van der Waals surface area contributed by atoms with Gasteiger partial charge in [-0.2, -0.15) is 0 Å². The van der Waals surface area contributed by atoms with Crippen LogP contribution >= 0.6 is 0 Å². The van der Waals surface area contributed by atoms with Gasteiger partial charge >= 0.3 is 0 Å². The fourth-order valence-corrected chi connectivity index (χ4v) is 3.36. The largest absolute Gasteiger partial charge is 0.381 e. The van der Waals surface area contributed by atoms with E-state index in [2.05, 4.69) is 44.8 Å². The SMILES string of the molecule is CN=C(NCCCOCCc1ccccc1)N1CCC(CC(=O)NC)CC1. The minimum absolute atomic E-state index is 0.142. The van der Waals surface area contributed by atoms with Crippen LogP contribution in [0.5, 0.6) is 0 Å². The van der Waals surface area contributed by atoms with Crippen LogP contribution in [0.3, 0.4) is 0 Å². The molecule has 1 heterocycles. The predicted molar refractivity (Wildman–Crippen MR) is 110 cm³/mol. The van der Waals surface area contributed by atoms with Gasteiger partial charge in [-0.15, -0.1) is 0 Å². The number of piperidine rings is 1. The van der Waals surface area contributed by atoms with Crippen molar-refractivity contribution in [3.63, 3.8) is 0 Å². The molecule has 1 aliphatic rings. The predicted octanol–water partition coefficient (Wildman–Crippen LogP) is 2.06. The first-order valence-electron chi connectivity index (χ1n) is 10.0. The summed E-state index contributed by atoms with van der Waals surface area (Å²) in [4.78, 5) is 18.2. The lowest BCUT2D eigenvalue weighted by molar-refractivity contribution is -0.121. The zero-order chi connectivity index (χ0) is 19.3. The van der Waals surface area contributed by atoms with Gasteiger partial charge in [0.1, 0.15) is 0 Å². The number of hydrogen-bond acceptors (Lipinski definition) is 3. The zero-order valence-electron chi connectivity index (χ0n) is 16.7. The number of benzene rings is 1. The Morgan fingerprint density at radius 3 is 2.63 bits per heavy atom. The molecular weight excluding hydrogens is 340 g/mol. The average Bonchev–Trinajstić information content (AvgIpc) is 2.71. The number of rotatable bonds is 9. The second-order valence-electron chi connectivity index (χ2n) is 6.98. The Morgan fingerprint density at radius 1 is 1.22 bits per heavy atom. The first kappa shape index (κ1) is 21.2. The quantitative estimate of drug-likeness (QED) is 0.394. The van der Waals surface area contributed by atoms with Crippen molar-refractivity contribution in [1.29, 1.82) is 0 Å². The first-order chi connectivity index (χ1) is 13.2. The smallest absolute Gasteiger partial charge is 0.220 e. The summed E-state index contributed by atoms with van der Waals surface area (Å²) in [6, 6.07) is 10.4. The van der Waals surface area contributed by atoms with E-state index in [0.717, 1.165) is 64.5 Å². The number of likely N-dealkylation sites (tertiary alicyclic amines) is 1. The topological polar surface area (TPSA) is 66.0 Å². The third kappa shape index (κ3) is 7.99. The summed E-state index contributed by atoms with van der Waals surface area (Å²) < 4.78 is 5.73. The Hall–Kier alpha value is -2.08. The number of nitrogens with zero attached hydrogens (tertiary/aromatic N) is 2. The van der Waals surface area contributed by atoms with Crippen LogP contribution in [-0.4, -0.2) is 63.7 Å². The Bertz CT molecular complexity index is 569. The number of ether oxygens (including phenoxy) is 1. The third-order valence-electron chi connectivity index (χ3n) is 5.01.